The minimum absolute atomic E-state index is 0.375. The van der Waals surface area contributed by atoms with Crippen LogP contribution in [0.4, 0.5) is 22.0 Å². The van der Waals surface area contributed by atoms with Crippen LogP contribution in [0.2, 0.25) is 0 Å². The predicted molar refractivity (Wildman–Crippen MR) is 92.2 cm³/mol. The van der Waals surface area contributed by atoms with Crippen molar-refractivity contribution in [3.05, 3.63) is 41.5 Å². The highest BCUT2D eigenvalue weighted by Gasteiger charge is 2.36. The van der Waals surface area contributed by atoms with E-state index in [1.807, 2.05) is 6.92 Å². The van der Waals surface area contributed by atoms with Gasteiger partial charge in [-0.1, -0.05) is 6.07 Å². The van der Waals surface area contributed by atoms with Crippen molar-refractivity contribution in [3.63, 3.8) is 0 Å². The molecule has 0 bridgehead atoms. The van der Waals surface area contributed by atoms with Gasteiger partial charge in [-0.2, -0.15) is 13.2 Å². The molecule has 0 amide bonds. The SMILES string of the molecule is C/C(=C\C(=N)C(F)F)C1CC(C)(Sc2cccc(C(F)(F)F)c2)CCO1. The molecule has 1 saturated heterocycles. The van der Waals surface area contributed by atoms with Gasteiger partial charge in [0.05, 0.1) is 17.4 Å². The number of allylic oxidation sites excluding steroid dienone is 1. The van der Waals surface area contributed by atoms with E-state index in [1.165, 1.54) is 17.8 Å². The van der Waals surface area contributed by atoms with Crippen LogP contribution in [-0.4, -0.2) is 29.6 Å². The van der Waals surface area contributed by atoms with Crippen molar-refractivity contribution in [2.24, 2.45) is 0 Å². The molecule has 1 aromatic carbocycles. The Morgan fingerprint density at radius 3 is 2.69 bits per heavy atom. The quantitative estimate of drug-likeness (QED) is 0.494. The zero-order valence-corrected chi connectivity index (χ0v) is 15.2. The minimum Gasteiger partial charge on any atom is -0.374 e. The van der Waals surface area contributed by atoms with Gasteiger partial charge in [0, 0.05) is 16.2 Å². The maximum absolute atomic E-state index is 12.9. The number of hydrogen-bond donors (Lipinski definition) is 1. The third-order valence-corrected chi connectivity index (χ3v) is 5.57. The third-order valence-electron chi connectivity index (χ3n) is 4.22. The van der Waals surface area contributed by atoms with Gasteiger partial charge in [-0.05, 0) is 56.5 Å². The van der Waals surface area contributed by atoms with Crippen LogP contribution in [-0.2, 0) is 10.9 Å². The maximum Gasteiger partial charge on any atom is 0.416 e. The molecule has 2 unspecified atom stereocenters. The molecule has 8 heteroatoms. The Bertz CT molecular complexity index is 688. The van der Waals surface area contributed by atoms with Crippen LogP contribution < -0.4 is 0 Å². The zero-order valence-electron chi connectivity index (χ0n) is 14.4. The Balaban J connectivity index is 2.13. The van der Waals surface area contributed by atoms with E-state index in [0.29, 0.717) is 29.9 Å². The van der Waals surface area contributed by atoms with Crippen LogP contribution >= 0.6 is 11.8 Å². The zero-order chi connectivity index (χ0) is 19.5. The molecule has 1 heterocycles. The predicted octanol–water partition coefficient (Wildman–Crippen LogP) is 5.97. The summed E-state index contributed by atoms with van der Waals surface area (Å²) >= 11 is 1.33. The Morgan fingerprint density at radius 1 is 1.38 bits per heavy atom. The summed E-state index contributed by atoms with van der Waals surface area (Å²) in [5.41, 5.74) is -0.953. The summed E-state index contributed by atoms with van der Waals surface area (Å²) < 4.78 is 68.9. The van der Waals surface area contributed by atoms with E-state index in [0.717, 1.165) is 18.2 Å². The lowest BCUT2D eigenvalue weighted by Crippen LogP contribution is -2.36. The van der Waals surface area contributed by atoms with Crippen molar-refractivity contribution in [1.82, 2.24) is 0 Å². The molecule has 26 heavy (non-hydrogen) atoms. The highest BCUT2D eigenvalue weighted by atomic mass is 32.2. The molecular formula is C18H20F5NOS. The molecule has 2 atom stereocenters. The average Bonchev–Trinajstić information content (AvgIpc) is 2.53. The molecule has 2 rings (SSSR count). The van der Waals surface area contributed by atoms with E-state index in [9.17, 15) is 22.0 Å². The second kappa shape index (κ2) is 8.08. The van der Waals surface area contributed by atoms with E-state index in [-0.39, 0.29) is 0 Å². The third kappa shape index (κ3) is 5.54. The number of rotatable bonds is 5. The molecule has 1 fully saturated rings. The molecule has 0 saturated carbocycles. The van der Waals surface area contributed by atoms with Crippen molar-refractivity contribution in [2.75, 3.05) is 6.61 Å². The van der Waals surface area contributed by atoms with Crippen molar-refractivity contribution in [3.8, 4) is 0 Å². The fraction of sp³-hybridized carbons (Fsp3) is 0.500. The Morgan fingerprint density at radius 2 is 2.08 bits per heavy atom. The first-order valence-electron chi connectivity index (χ1n) is 8.03. The highest BCUT2D eigenvalue weighted by Crippen LogP contribution is 2.44. The van der Waals surface area contributed by atoms with Crippen molar-refractivity contribution in [2.45, 2.75) is 55.0 Å². The monoisotopic (exact) mass is 393 g/mol. The Labute approximate surface area is 153 Å². The van der Waals surface area contributed by atoms with Crippen LogP contribution in [0.25, 0.3) is 0 Å². The molecule has 1 aliphatic heterocycles. The van der Waals surface area contributed by atoms with Gasteiger partial charge in [0.1, 0.15) is 0 Å². The summed E-state index contributed by atoms with van der Waals surface area (Å²) in [6.45, 7) is 3.93. The summed E-state index contributed by atoms with van der Waals surface area (Å²) in [6, 6.07) is 5.16. The van der Waals surface area contributed by atoms with Gasteiger partial charge in [0.2, 0.25) is 0 Å². The summed E-state index contributed by atoms with van der Waals surface area (Å²) in [7, 11) is 0. The molecule has 0 radical (unpaired) electrons. The normalized spacial score (nSPS) is 24.8. The summed E-state index contributed by atoms with van der Waals surface area (Å²) in [6.07, 6.45) is -5.48. The summed E-state index contributed by atoms with van der Waals surface area (Å²) in [5, 5.41) is 7.26. The second-order valence-corrected chi connectivity index (χ2v) is 8.20. The first-order chi connectivity index (χ1) is 12.0. The maximum atomic E-state index is 12.9. The van der Waals surface area contributed by atoms with Crippen molar-refractivity contribution < 1.29 is 26.7 Å². The van der Waals surface area contributed by atoms with E-state index in [2.05, 4.69) is 0 Å². The van der Waals surface area contributed by atoms with Crippen LogP contribution in [0.15, 0.2) is 40.8 Å². The van der Waals surface area contributed by atoms with E-state index in [1.54, 1.807) is 13.0 Å². The number of ether oxygens (including phenoxy) is 1. The summed E-state index contributed by atoms with van der Waals surface area (Å²) in [5.74, 6) is 0. The average molecular weight is 393 g/mol. The van der Waals surface area contributed by atoms with Gasteiger partial charge in [0.25, 0.3) is 6.43 Å². The molecular weight excluding hydrogens is 373 g/mol. The van der Waals surface area contributed by atoms with Crippen molar-refractivity contribution >= 4 is 17.5 Å². The molecule has 0 aliphatic carbocycles. The molecule has 2 nitrogen and oxygen atoms in total. The van der Waals surface area contributed by atoms with Crippen molar-refractivity contribution in [1.29, 1.82) is 5.41 Å². The molecule has 1 aliphatic rings. The number of thioether (sulfide) groups is 1. The first kappa shape index (κ1) is 20.9. The minimum atomic E-state index is -4.40. The lowest BCUT2D eigenvalue weighted by atomic mass is 9.92. The largest absolute Gasteiger partial charge is 0.416 e. The Hall–Kier alpha value is -1.41. The van der Waals surface area contributed by atoms with Gasteiger partial charge in [-0.3, -0.25) is 5.41 Å². The van der Waals surface area contributed by atoms with Crippen LogP contribution in [0.1, 0.15) is 32.3 Å². The second-order valence-electron chi connectivity index (χ2n) is 6.54. The smallest absolute Gasteiger partial charge is 0.374 e. The van der Waals surface area contributed by atoms with Crippen LogP contribution in [0.5, 0.6) is 0 Å². The molecule has 0 spiro atoms. The van der Waals surface area contributed by atoms with Gasteiger partial charge in [-0.25, -0.2) is 8.78 Å². The van der Waals surface area contributed by atoms with Crippen LogP contribution in [0.3, 0.4) is 0 Å². The lowest BCUT2D eigenvalue weighted by molar-refractivity contribution is -0.137. The number of halogens is 5. The standard InChI is InChI=1S/C18H20F5NOS/c1-11(8-14(24)16(19)20)15-10-17(2,6-7-25-15)26-13-5-3-4-12(9-13)18(21,22)23/h3-5,8-9,15-16,24H,6-7,10H2,1-2H3/b11-8+,24-14?. The first-order valence-corrected chi connectivity index (χ1v) is 8.84. The molecule has 0 aromatic heterocycles. The number of hydrogen-bond acceptors (Lipinski definition) is 3. The van der Waals surface area contributed by atoms with Gasteiger partial charge >= 0.3 is 6.18 Å². The Kier molecular flexibility index (Phi) is 6.50. The summed E-state index contributed by atoms with van der Waals surface area (Å²) in [4.78, 5) is 0.505. The van der Waals surface area contributed by atoms with E-state index < -0.39 is 34.7 Å². The molecule has 1 N–H and O–H groups in total. The topological polar surface area (TPSA) is 33.1 Å². The lowest BCUT2D eigenvalue weighted by Gasteiger charge is -2.38. The van der Waals surface area contributed by atoms with Crippen LogP contribution in [0, 0.1) is 5.41 Å². The van der Waals surface area contributed by atoms with Gasteiger partial charge in [0.15, 0.2) is 0 Å². The molecule has 1 aromatic rings. The number of nitrogens with one attached hydrogen (secondary N) is 1. The van der Waals surface area contributed by atoms with Gasteiger partial charge in [-0.15, -0.1) is 11.8 Å². The fourth-order valence-corrected chi connectivity index (χ4v) is 4.10. The molecule has 144 valence electrons. The van der Waals surface area contributed by atoms with E-state index >= 15 is 0 Å². The fourth-order valence-electron chi connectivity index (χ4n) is 2.78. The number of alkyl halides is 5. The van der Waals surface area contributed by atoms with E-state index in [4.69, 9.17) is 10.1 Å². The number of benzene rings is 1. The van der Waals surface area contributed by atoms with Gasteiger partial charge < -0.3 is 4.74 Å². The highest BCUT2D eigenvalue weighted by molar-refractivity contribution is 8.00.